The largest absolute Gasteiger partial charge is 0.493 e. The number of fused-ring (bicyclic) bond motifs is 4. The van der Waals surface area contributed by atoms with Crippen molar-refractivity contribution in [2.24, 2.45) is 7.05 Å². The highest BCUT2D eigenvalue weighted by Gasteiger charge is 2.19. The first-order chi connectivity index (χ1) is 12.6. The molecule has 4 aromatic rings. The number of hydrogen-bond donors (Lipinski definition) is 1. The Morgan fingerprint density at radius 2 is 2.15 bits per heavy atom. The molecule has 0 aliphatic carbocycles. The first kappa shape index (κ1) is 15.6. The predicted molar refractivity (Wildman–Crippen MR) is 104 cm³/mol. The van der Waals surface area contributed by atoms with Crippen molar-refractivity contribution in [3.8, 4) is 5.75 Å². The van der Waals surface area contributed by atoms with E-state index in [1.165, 1.54) is 16.7 Å². The molecule has 4 heterocycles. The summed E-state index contributed by atoms with van der Waals surface area (Å²) in [6, 6.07) is 6.40. The van der Waals surface area contributed by atoms with E-state index in [-0.39, 0.29) is 0 Å². The molecule has 0 bridgehead atoms. The molecule has 26 heavy (non-hydrogen) atoms. The number of ether oxygens (including phenoxy) is 1. The highest BCUT2D eigenvalue weighted by atomic mass is 32.1. The molecule has 1 aromatic carbocycles. The van der Waals surface area contributed by atoms with Gasteiger partial charge in [0, 0.05) is 25.4 Å². The fourth-order valence-electron chi connectivity index (χ4n) is 3.56. The summed E-state index contributed by atoms with van der Waals surface area (Å²) in [5, 5.41) is 18.0. The number of anilines is 1. The Hall–Kier alpha value is -2.67. The van der Waals surface area contributed by atoms with E-state index in [4.69, 9.17) is 9.84 Å². The molecular formula is C19H19N5OS. The van der Waals surface area contributed by atoms with Crippen LogP contribution in [0.15, 0.2) is 18.2 Å². The zero-order chi connectivity index (χ0) is 17.8. The van der Waals surface area contributed by atoms with Gasteiger partial charge in [-0.3, -0.25) is 4.68 Å². The Labute approximate surface area is 154 Å². The minimum Gasteiger partial charge on any atom is -0.493 e. The molecule has 0 spiro atoms. The summed E-state index contributed by atoms with van der Waals surface area (Å²) in [7, 11) is 1.99. The molecule has 0 saturated carbocycles. The van der Waals surface area contributed by atoms with Crippen molar-refractivity contribution in [1.82, 2.24) is 20.0 Å². The standard InChI is InChI=1S/C19H19N5OS/c1-10-11(2)21-22-19-15(10)16-17(26-19)18(23-24(16)3)20-9-12-4-5-14-13(8-12)6-7-25-14/h4-5,8H,6-7,9H2,1-3H3,(H,20,23). The van der Waals surface area contributed by atoms with Gasteiger partial charge >= 0.3 is 0 Å². The van der Waals surface area contributed by atoms with Crippen molar-refractivity contribution in [3.63, 3.8) is 0 Å². The predicted octanol–water partition coefficient (Wildman–Crippen LogP) is 3.74. The molecule has 0 fully saturated rings. The lowest BCUT2D eigenvalue weighted by Gasteiger charge is -2.05. The summed E-state index contributed by atoms with van der Waals surface area (Å²) in [5.41, 5.74) is 5.80. The van der Waals surface area contributed by atoms with Crippen LogP contribution in [-0.2, 0) is 20.0 Å². The fourth-order valence-corrected chi connectivity index (χ4v) is 4.73. The number of aryl methyl sites for hydroxylation is 3. The number of aromatic nitrogens is 4. The molecule has 132 valence electrons. The summed E-state index contributed by atoms with van der Waals surface area (Å²) in [6.07, 6.45) is 0.991. The number of nitrogens with zero attached hydrogens (tertiary/aromatic N) is 4. The Balaban J connectivity index is 1.52. The van der Waals surface area contributed by atoms with Crippen molar-refractivity contribution in [2.75, 3.05) is 11.9 Å². The zero-order valence-corrected chi connectivity index (χ0v) is 15.8. The average Bonchev–Trinajstić information content (AvgIpc) is 3.31. The topological polar surface area (TPSA) is 64.9 Å². The van der Waals surface area contributed by atoms with E-state index < -0.39 is 0 Å². The molecule has 0 amide bonds. The van der Waals surface area contributed by atoms with Crippen LogP contribution < -0.4 is 10.1 Å². The van der Waals surface area contributed by atoms with E-state index in [1.54, 1.807) is 11.3 Å². The van der Waals surface area contributed by atoms with E-state index in [2.05, 4.69) is 40.6 Å². The minimum atomic E-state index is 0.733. The third-order valence-electron chi connectivity index (χ3n) is 5.08. The Morgan fingerprint density at radius 1 is 1.27 bits per heavy atom. The lowest BCUT2D eigenvalue weighted by atomic mass is 10.1. The maximum absolute atomic E-state index is 5.58. The highest BCUT2D eigenvalue weighted by Crippen LogP contribution is 2.38. The molecule has 0 unspecified atom stereocenters. The second kappa shape index (κ2) is 5.67. The smallest absolute Gasteiger partial charge is 0.166 e. The van der Waals surface area contributed by atoms with E-state index in [9.17, 15) is 0 Å². The van der Waals surface area contributed by atoms with Gasteiger partial charge in [0.15, 0.2) is 5.82 Å². The molecule has 0 radical (unpaired) electrons. The number of benzene rings is 1. The van der Waals surface area contributed by atoms with E-state index >= 15 is 0 Å². The Bertz CT molecular complexity index is 1160. The average molecular weight is 365 g/mol. The van der Waals surface area contributed by atoms with E-state index in [1.807, 2.05) is 18.7 Å². The minimum absolute atomic E-state index is 0.733. The quantitative estimate of drug-likeness (QED) is 0.599. The van der Waals surface area contributed by atoms with Gasteiger partial charge < -0.3 is 10.1 Å². The summed E-state index contributed by atoms with van der Waals surface area (Å²) in [5.74, 6) is 1.92. The van der Waals surface area contributed by atoms with Gasteiger partial charge in [0.2, 0.25) is 0 Å². The number of hydrogen-bond acceptors (Lipinski definition) is 6. The van der Waals surface area contributed by atoms with Crippen LogP contribution in [0.5, 0.6) is 5.75 Å². The molecule has 1 aliphatic heterocycles. The van der Waals surface area contributed by atoms with Gasteiger partial charge in [-0.05, 0) is 36.6 Å². The van der Waals surface area contributed by atoms with Crippen LogP contribution in [-0.4, -0.2) is 26.6 Å². The summed E-state index contributed by atoms with van der Waals surface area (Å²) in [4.78, 5) is 0.967. The molecular weight excluding hydrogens is 346 g/mol. The van der Waals surface area contributed by atoms with Crippen LogP contribution in [0, 0.1) is 13.8 Å². The lowest BCUT2D eigenvalue weighted by molar-refractivity contribution is 0.357. The summed E-state index contributed by atoms with van der Waals surface area (Å²) >= 11 is 1.65. The van der Waals surface area contributed by atoms with Gasteiger partial charge in [0.1, 0.15) is 10.6 Å². The summed E-state index contributed by atoms with van der Waals surface area (Å²) in [6.45, 7) is 5.62. The molecule has 7 heteroatoms. The second-order valence-corrected chi connectivity index (χ2v) is 7.74. The number of nitrogens with one attached hydrogen (secondary N) is 1. The van der Waals surface area contributed by atoms with Crippen LogP contribution in [0.4, 0.5) is 5.82 Å². The third kappa shape index (κ3) is 2.27. The molecule has 3 aromatic heterocycles. The van der Waals surface area contributed by atoms with Crippen LogP contribution in [0.3, 0.4) is 0 Å². The SMILES string of the molecule is Cc1nnc2sc3c(NCc4ccc5c(c4)CCO5)nn(C)c3c2c1C. The van der Waals surface area contributed by atoms with Gasteiger partial charge in [0.05, 0.1) is 22.5 Å². The molecule has 6 nitrogen and oxygen atoms in total. The zero-order valence-electron chi connectivity index (χ0n) is 15.0. The van der Waals surface area contributed by atoms with Gasteiger partial charge in [0.25, 0.3) is 0 Å². The Morgan fingerprint density at radius 3 is 3.04 bits per heavy atom. The maximum Gasteiger partial charge on any atom is 0.166 e. The van der Waals surface area contributed by atoms with Crippen LogP contribution in [0.1, 0.15) is 22.4 Å². The third-order valence-corrected chi connectivity index (χ3v) is 6.15. The first-order valence-corrected chi connectivity index (χ1v) is 9.51. The summed E-state index contributed by atoms with van der Waals surface area (Å²) < 4.78 is 8.66. The molecule has 0 atom stereocenters. The van der Waals surface area contributed by atoms with Crippen molar-refractivity contribution in [1.29, 1.82) is 0 Å². The van der Waals surface area contributed by atoms with Crippen LogP contribution in [0.25, 0.3) is 20.4 Å². The van der Waals surface area contributed by atoms with E-state index in [0.29, 0.717) is 0 Å². The monoisotopic (exact) mass is 365 g/mol. The van der Waals surface area contributed by atoms with Gasteiger partial charge in [-0.25, -0.2) is 0 Å². The number of thiophene rings is 1. The molecule has 5 rings (SSSR count). The molecule has 0 saturated heterocycles. The molecule has 1 N–H and O–H groups in total. The highest BCUT2D eigenvalue weighted by molar-refractivity contribution is 7.26. The van der Waals surface area contributed by atoms with Gasteiger partial charge in [-0.1, -0.05) is 12.1 Å². The van der Waals surface area contributed by atoms with Crippen molar-refractivity contribution in [3.05, 3.63) is 40.6 Å². The molecule has 1 aliphatic rings. The normalized spacial score (nSPS) is 13.3. The van der Waals surface area contributed by atoms with Crippen molar-refractivity contribution < 1.29 is 4.74 Å². The van der Waals surface area contributed by atoms with Gasteiger partial charge in [-0.15, -0.1) is 16.4 Å². The van der Waals surface area contributed by atoms with Crippen molar-refractivity contribution >= 4 is 37.6 Å². The first-order valence-electron chi connectivity index (χ1n) is 8.69. The van der Waals surface area contributed by atoms with Crippen LogP contribution >= 0.6 is 11.3 Å². The number of rotatable bonds is 3. The van der Waals surface area contributed by atoms with Crippen molar-refractivity contribution in [2.45, 2.75) is 26.8 Å². The van der Waals surface area contributed by atoms with Gasteiger partial charge in [-0.2, -0.15) is 10.2 Å². The van der Waals surface area contributed by atoms with E-state index in [0.717, 1.165) is 57.3 Å². The lowest BCUT2D eigenvalue weighted by Crippen LogP contribution is -2.01. The Kier molecular flexibility index (Phi) is 3.40. The van der Waals surface area contributed by atoms with Crippen LogP contribution in [0.2, 0.25) is 0 Å². The maximum atomic E-state index is 5.58. The fraction of sp³-hybridized carbons (Fsp3) is 0.316. The second-order valence-electron chi connectivity index (χ2n) is 6.74.